The van der Waals surface area contributed by atoms with Gasteiger partial charge in [-0.15, -0.1) is 0 Å². The van der Waals surface area contributed by atoms with Crippen molar-refractivity contribution in [2.75, 3.05) is 12.4 Å². The third-order valence-corrected chi connectivity index (χ3v) is 1.23. The molecule has 0 radical (unpaired) electrons. The van der Waals surface area contributed by atoms with Gasteiger partial charge in [0.2, 0.25) is 0 Å². The smallest absolute Gasteiger partial charge is 0.179 e. The number of carbonyl (C=O) groups excluding carboxylic acids is 1. The first-order chi connectivity index (χ1) is 4.75. The molecule has 54 valence electrons. The average molecular weight is 139 g/mol. The van der Waals surface area contributed by atoms with Crippen LogP contribution in [0, 0.1) is 0 Å². The van der Waals surface area contributed by atoms with Gasteiger partial charge in [-0.05, 0) is 0 Å². The van der Waals surface area contributed by atoms with E-state index in [1.807, 2.05) is 0 Å². The molecule has 1 aromatic rings. The first kappa shape index (κ1) is 6.80. The number of hydrogen-bond acceptors (Lipinski definition) is 3. The van der Waals surface area contributed by atoms with E-state index in [0.717, 1.165) is 0 Å². The zero-order valence-corrected chi connectivity index (χ0v) is 5.93. The highest BCUT2D eigenvalue weighted by molar-refractivity contribution is 5.96. The lowest BCUT2D eigenvalue weighted by molar-refractivity contribution is 0.101. The summed E-state index contributed by atoms with van der Waals surface area (Å²) in [6.45, 7) is 1.49. The fraction of sp³-hybridized carbons (Fsp3) is 0.333. The maximum atomic E-state index is 10.8. The summed E-state index contributed by atoms with van der Waals surface area (Å²) in [6, 6.07) is 0. The summed E-state index contributed by atoms with van der Waals surface area (Å²) in [6.07, 6.45) is 1.49. The fourth-order valence-electron chi connectivity index (χ4n) is 0.752. The van der Waals surface area contributed by atoms with Gasteiger partial charge in [-0.1, -0.05) is 0 Å². The van der Waals surface area contributed by atoms with E-state index < -0.39 is 0 Å². The number of aromatic amines is 1. The molecule has 1 aromatic heterocycles. The number of anilines is 1. The minimum absolute atomic E-state index is 0.0122. The van der Waals surface area contributed by atoms with E-state index in [-0.39, 0.29) is 5.78 Å². The number of nitrogens with zero attached hydrogens (tertiary/aromatic N) is 1. The predicted molar refractivity (Wildman–Crippen MR) is 38.1 cm³/mol. The van der Waals surface area contributed by atoms with Crippen molar-refractivity contribution >= 4 is 11.6 Å². The van der Waals surface area contributed by atoms with Crippen LogP contribution >= 0.6 is 0 Å². The van der Waals surface area contributed by atoms with Gasteiger partial charge in [-0.25, -0.2) is 4.98 Å². The summed E-state index contributed by atoms with van der Waals surface area (Å²) in [5.74, 6) is 0.592. The lowest BCUT2D eigenvalue weighted by atomic mass is 10.3. The third kappa shape index (κ3) is 1.00. The Bertz CT molecular complexity index is 241. The van der Waals surface area contributed by atoms with Gasteiger partial charge in [0, 0.05) is 14.0 Å². The van der Waals surface area contributed by atoms with Crippen molar-refractivity contribution in [3.05, 3.63) is 12.0 Å². The zero-order chi connectivity index (χ0) is 7.56. The maximum absolute atomic E-state index is 10.8. The molecule has 4 nitrogen and oxygen atoms in total. The number of nitrogens with one attached hydrogen (secondary N) is 2. The highest BCUT2D eigenvalue weighted by atomic mass is 16.1. The van der Waals surface area contributed by atoms with Crippen molar-refractivity contribution in [3.63, 3.8) is 0 Å². The molecule has 4 heteroatoms. The van der Waals surface area contributed by atoms with Crippen molar-refractivity contribution in [2.24, 2.45) is 0 Å². The minimum atomic E-state index is -0.0122. The maximum Gasteiger partial charge on any atom is 0.179 e. The molecule has 0 amide bonds. The topological polar surface area (TPSA) is 57.8 Å². The van der Waals surface area contributed by atoms with Crippen LogP contribution in [-0.2, 0) is 0 Å². The Balaban J connectivity index is 3.01. The van der Waals surface area contributed by atoms with Crippen LogP contribution in [0.4, 0.5) is 5.82 Å². The molecule has 2 N–H and O–H groups in total. The highest BCUT2D eigenvalue weighted by Crippen LogP contribution is 2.07. The van der Waals surface area contributed by atoms with Crippen LogP contribution in [0.15, 0.2) is 6.33 Å². The largest absolute Gasteiger partial charge is 0.371 e. The molecule has 0 aliphatic rings. The Labute approximate surface area is 58.7 Å². The van der Waals surface area contributed by atoms with Crippen molar-refractivity contribution in [1.29, 1.82) is 0 Å². The van der Waals surface area contributed by atoms with Gasteiger partial charge in [-0.3, -0.25) is 4.79 Å². The molecule has 10 heavy (non-hydrogen) atoms. The molecular formula is C6H9N3O. The van der Waals surface area contributed by atoms with E-state index in [0.29, 0.717) is 11.5 Å². The molecule has 0 spiro atoms. The summed E-state index contributed by atoms with van der Waals surface area (Å²) in [4.78, 5) is 17.4. The van der Waals surface area contributed by atoms with Crippen LogP contribution in [0.3, 0.4) is 0 Å². The van der Waals surface area contributed by atoms with Crippen LogP contribution in [0.5, 0.6) is 0 Å². The summed E-state index contributed by atoms with van der Waals surface area (Å²) in [5, 5.41) is 2.79. The first-order valence-corrected chi connectivity index (χ1v) is 2.97. The van der Waals surface area contributed by atoms with E-state index in [2.05, 4.69) is 15.3 Å². The Kier molecular flexibility index (Phi) is 1.71. The van der Waals surface area contributed by atoms with Gasteiger partial charge in [-0.2, -0.15) is 0 Å². The lowest BCUT2D eigenvalue weighted by Gasteiger charge is -1.94. The summed E-state index contributed by atoms with van der Waals surface area (Å²) in [7, 11) is 1.72. The van der Waals surface area contributed by atoms with Crippen LogP contribution in [-0.4, -0.2) is 22.8 Å². The number of aromatic nitrogens is 2. The highest BCUT2D eigenvalue weighted by Gasteiger charge is 2.06. The summed E-state index contributed by atoms with van der Waals surface area (Å²) in [5.41, 5.74) is 0.530. The molecule has 0 aliphatic carbocycles. The molecular weight excluding hydrogens is 130 g/mol. The van der Waals surface area contributed by atoms with Crippen LogP contribution in [0.25, 0.3) is 0 Å². The monoisotopic (exact) mass is 139 g/mol. The normalized spacial score (nSPS) is 9.40. The second-order valence-electron chi connectivity index (χ2n) is 1.93. The number of imidazole rings is 1. The van der Waals surface area contributed by atoms with Crippen molar-refractivity contribution in [2.45, 2.75) is 6.92 Å². The van der Waals surface area contributed by atoms with Gasteiger partial charge in [0.15, 0.2) is 11.6 Å². The lowest BCUT2D eigenvalue weighted by Crippen LogP contribution is -1.98. The number of H-pyrrole nitrogens is 1. The SMILES string of the molecule is CNc1nc[nH]c1C(C)=O. The number of ketones is 1. The van der Waals surface area contributed by atoms with Gasteiger partial charge in [0.05, 0.1) is 6.33 Å². The third-order valence-electron chi connectivity index (χ3n) is 1.23. The average Bonchev–Trinajstić information content (AvgIpc) is 2.33. The van der Waals surface area contributed by atoms with Crippen LogP contribution < -0.4 is 5.32 Å². The molecule has 0 aliphatic heterocycles. The van der Waals surface area contributed by atoms with E-state index in [9.17, 15) is 4.79 Å². The number of carbonyl (C=O) groups is 1. The van der Waals surface area contributed by atoms with E-state index in [1.165, 1.54) is 13.3 Å². The number of Topliss-reactive ketones (excluding diaryl/α,β-unsaturated/α-hetero) is 1. The molecule has 0 aromatic carbocycles. The van der Waals surface area contributed by atoms with Gasteiger partial charge < -0.3 is 10.3 Å². The standard InChI is InChI=1S/C6H9N3O/c1-4(10)5-6(7-2)9-3-8-5/h3,7H,1-2H3,(H,8,9). The second-order valence-corrected chi connectivity index (χ2v) is 1.93. The van der Waals surface area contributed by atoms with Crippen molar-refractivity contribution in [1.82, 2.24) is 9.97 Å². The molecule has 0 saturated carbocycles. The minimum Gasteiger partial charge on any atom is -0.371 e. The van der Waals surface area contributed by atoms with Gasteiger partial charge in [0.1, 0.15) is 5.69 Å². The predicted octanol–water partition coefficient (Wildman–Crippen LogP) is 0.654. The van der Waals surface area contributed by atoms with Crippen molar-refractivity contribution < 1.29 is 4.79 Å². The molecule has 0 atom stereocenters. The second kappa shape index (κ2) is 2.51. The van der Waals surface area contributed by atoms with Crippen LogP contribution in [0.1, 0.15) is 17.4 Å². The number of rotatable bonds is 2. The molecule has 0 fully saturated rings. The molecule has 1 heterocycles. The summed E-state index contributed by atoms with van der Waals surface area (Å²) < 4.78 is 0. The zero-order valence-electron chi connectivity index (χ0n) is 5.93. The molecule has 1 rings (SSSR count). The molecule has 0 saturated heterocycles. The quantitative estimate of drug-likeness (QED) is 0.591. The van der Waals surface area contributed by atoms with Gasteiger partial charge >= 0.3 is 0 Å². The Morgan fingerprint density at radius 3 is 2.90 bits per heavy atom. The van der Waals surface area contributed by atoms with Crippen molar-refractivity contribution in [3.8, 4) is 0 Å². The van der Waals surface area contributed by atoms with E-state index in [4.69, 9.17) is 0 Å². The molecule has 0 bridgehead atoms. The van der Waals surface area contributed by atoms with E-state index >= 15 is 0 Å². The molecule has 0 unspecified atom stereocenters. The first-order valence-electron chi connectivity index (χ1n) is 2.97. The fourth-order valence-corrected chi connectivity index (χ4v) is 0.752. The summed E-state index contributed by atoms with van der Waals surface area (Å²) >= 11 is 0. The Morgan fingerprint density at radius 1 is 1.80 bits per heavy atom. The van der Waals surface area contributed by atoms with Crippen LogP contribution in [0.2, 0.25) is 0 Å². The Hall–Kier alpha value is -1.32. The number of hydrogen-bond donors (Lipinski definition) is 2. The Morgan fingerprint density at radius 2 is 2.50 bits per heavy atom. The van der Waals surface area contributed by atoms with Gasteiger partial charge in [0.25, 0.3) is 0 Å². The van der Waals surface area contributed by atoms with E-state index in [1.54, 1.807) is 7.05 Å².